The third-order valence-electron chi connectivity index (χ3n) is 2.93. The summed E-state index contributed by atoms with van der Waals surface area (Å²) >= 11 is 3.43. The second-order valence-electron chi connectivity index (χ2n) is 4.33. The molecule has 4 nitrogen and oxygen atoms in total. The maximum Gasteiger partial charge on any atom is 0.250 e. The topological polar surface area (TPSA) is 58.4 Å². The standard InChI is InChI=1S/C12H16BrN3O/c1-8-7-16(5-4-15-8)11-6-9(13)2-3-10(11)12(14)17/h2-3,6,8,15H,4-5,7H2,1H3,(H2,14,17)/t8-/m1/s1. The van der Waals surface area contributed by atoms with Crippen molar-refractivity contribution in [1.29, 1.82) is 0 Å². The monoisotopic (exact) mass is 297 g/mol. The van der Waals surface area contributed by atoms with E-state index in [9.17, 15) is 4.79 Å². The predicted molar refractivity (Wildman–Crippen MR) is 72.3 cm³/mol. The fourth-order valence-corrected chi connectivity index (χ4v) is 2.47. The Balaban J connectivity index is 2.35. The van der Waals surface area contributed by atoms with E-state index in [-0.39, 0.29) is 5.91 Å². The van der Waals surface area contributed by atoms with Crippen molar-refractivity contribution < 1.29 is 4.79 Å². The van der Waals surface area contributed by atoms with Crippen LogP contribution in [0.3, 0.4) is 0 Å². The number of carbonyl (C=O) groups is 1. The lowest BCUT2D eigenvalue weighted by molar-refractivity contribution is 0.100. The van der Waals surface area contributed by atoms with Gasteiger partial charge in [-0.15, -0.1) is 0 Å². The summed E-state index contributed by atoms with van der Waals surface area (Å²) in [4.78, 5) is 13.6. The fraction of sp³-hybridized carbons (Fsp3) is 0.417. The highest BCUT2D eigenvalue weighted by Crippen LogP contribution is 2.25. The molecule has 1 fully saturated rings. The number of nitrogens with one attached hydrogen (secondary N) is 1. The molecule has 0 spiro atoms. The molecule has 1 saturated heterocycles. The average molecular weight is 298 g/mol. The summed E-state index contributed by atoms with van der Waals surface area (Å²) in [6.07, 6.45) is 0. The number of rotatable bonds is 2. The summed E-state index contributed by atoms with van der Waals surface area (Å²) in [6, 6.07) is 5.99. The number of anilines is 1. The van der Waals surface area contributed by atoms with Crippen molar-refractivity contribution in [2.24, 2.45) is 5.73 Å². The zero-order valence-corrected chi connectivity index (χ0v) is 11.3. The van der Waals surface area contributed by atoms with Crippen LogP contribution in [0.25, 0.3) is 0 Å². The number of hydrogen-bond donors (Lipinski definition) is 2. The highest BCUT2D eigenvalue weighted by Gasteiger charge is 2.20. The molecule has 5 heteroatoms. The van der Waals surface area contributed by atoms with Crippen molar-refractivity contribution in [3.63, 3.8) is 0 Å². The molecule has 0 saturated carbocycles. The molecule has 1 atom stereocenters. The number of hydrogen-bond acceptors (Lipinski definition) is 3. The second-order valence-corrected chi connectivity index (χ2v) is 5.24. The van der Waals surface area contributed by atoms with Crippen LogP contribution in [-0.2, 0) is 0 Å². The maximum absolute atomic E-state index is 11.4. The lowest BCUT2D eigenvalue weighted by atomic mass is 10.1. The van der Waals surface area contributed by atoms with Crippen LogP contribution in [0.4, 0.5) is 5.69 Å². The fourth-order valence-electron chi connectivity index (χ4n) is 2.13. The van der Waals surface area contributed by atoms with Gasteiger partial charge in [0.1, 0.15) is 0 Å². The molecule has 17 heavy (non-hydrogen) atoms. The van der Waals surface area contributed by atoms with E-state index in [1.165, 1.54) is 0 Å². The Hall–Kier alpha value is -1.07. The molecule has 1 aliphatic heterocycles. The van der Waals surface area contributed by atoms with Crippen LogP contribution in [0, 0.1) is 0 Å². The Kier molecular flexibility index (Phi) is 3.69. The van der Waals surface area contributed by atoms with Crippen molar-refractivity contribution in [3.8, 4) is 0 Å². The number of halogens is 1. The Morgan fingerprint density at radius 1 is 1.59 bits per heavy atom. The number of nitrogens with zero attached hydrogens (tertiary/aromatic N) is 1. The van der Waals surface area contributed by atoms with Gasteiger partial charge in [-0.3, -0.25) is 4.79 Å². The van der Waals surface area contributed by atoms with Crippen LogP contribution in [-0.4, -0.2) is 31.6 Å². The number of amides is 1. The Morgan fingerprint density at radius 3 is 3.00 bits per heavy atom. The SMILES string of the molecule is C[C@@H]1CN(c2cc(Br)ccc2C(N)=O)CCN1. The van der Waals surface area contributed by atoms with Gasteiger partial charge in [0.2, 0.25) is 0 Å². The van der Waals surface area contributed by atoms with E-state index in [1.54, 1.807) is 6.07 Å². The first-order valence-electron chi connectivity index (χ1n) is 5.65. The van der Waals surface area contributed by atoms with Crippen LogP contribution >= 0.6 is 15.9 Å². The number of nitrogens with two attached hydrogens (primary N) is 1. The summed E-state index contributed by atoms with van der Waals surface area (Å²) in [5, 5.41) is 3.38. The first-order valence-corrected chi connectivity index (χ1v) is 6.45. The van der Waals surface area contributed by atoms with Crippen LogP contribution in [0.2, 0.25) is 0 Å². The molecule has 1 aliphatic rings. The van der Waals surface area contributed by atoms with Gasteiger partial charge in [-0.2, -0.15) is 0 Å². The molecule has 3 N–H and O–H groups in total. The van der Waals surface area contributed by atoms with Crippen molar-refractivity contribution >= 4 is 27.5 Å². The lowest BCUT2D eigenvalue weighted by Crippen LogP contribution is -2.49. The minimum atomic E-state index is -0.376. The molecule has 0 bridgehead atoms. The van der Waals surface area contributed by atoms with Crippen LogP contribution in [0.5, 0.6) is 0 Å². The molecule has 2 rings (SSSR count). The van der Waals surface area contributed by atoms with Crippen LogP contribution in [0.1, 0.15) is 17.3 Å². The van der Waals surface area contributed by atoms with Gasteiger partial charge in [-0.05, 0) is 25.1 Å². The smallest absolute Gasteiger partial charge is 0.250 e. The Morgan fingerprint density at radius 2 is 2.35 bits per heavy atom. The van der Waals surface area contributed by atoms with Gasteiger partial charge < -0.3 is 16.0 Å². The highest BCUT2D eigenvalue weighted by molar-refractivity contribution is 9.10. The first-order chi connectivity index (χ1) is 8.08. The predicted octanol–water partition coefficient (Wildman–Crippen LogP) is 1.35. The molecule has 0 aromatic heterocycles. The summed E-state index contributed by atoms with van der Waals surface area (Å²) in [5.41, 5.74) is 6.91. The van der Waals surface area contributed by atoms with Gasteiger partial charge in [0.05, 0.1) is 11.3 Å². The average Bonchev–Trinajstić information content (AvgIpc) is 2.28. The number of piperazine rings is 1. The molecule has 1 heterocycles. The summed E-state index contributed by atoms with van der Waals surface area (Å²) in [7, 11) is 0. The van der Waals surface area contributed by atoms with E-state index >= 15 is 0 Å². The van der Waals surface area contributed by atoms with E-state index in [4.69, 9.17) is 5.73 Å². The second kappa shape index (κ2) is 5.06. The Bertz CT molecular complexity index is 436. The quantitative estimate of drug-likeness (QED) is 0.866. The number of carbonyl (C=O) groups excluding carboxylic acids is 1. The zero-order valence-electron chi connectivity index (χ0n) is 9.74. The molecule has 1 amide bonds. The molecule has 0 radical (unpaired) electrons. The van der Waals surface area contributed by atoms with Gasteiger partial charge in [0, 0.05) is 30.1 Å². The van der Waals surface area contributed by atoms with Gasteiger partial charge in [0.25, 0.3) is 5.91 Å². The normalized spacial score (nSPS) is 20.4. The first kappa shape index (κ1) is 12.4. The molecule has 1 aromatic carbocycles. The van der Waals surface area contributed by atoms with Crippen molar-refractivity contribution in [1.82, 2.24) is 5.32 Å². The minimum Gasteiger partial charge on any atom is -0.368 e. The van der Waals surface area contributed by atoms with Crippen molar-refractivity contribution in [3.05, 3.63) is 28.2 Å². The number of primary amides is 1. The molecule has 0 aliphatic carbocycles. The third-order valence-corrected chi connectivity index (χ3v) is 3.43. The zero-order chi connectivity index (χ0) is 12.4. The summed E-state index contributed by atoms with van der Waals surface area (Å²) in [5.74, 6) is -0.376. The van der Waals surface area contributed by atoms with E-state index in [0.717, 1.165) is 29.8 Å². The highest BCUT2D eigenvalue weighted by atomic mass is 79.9. The third kappa shape index (κ3) is 2.79. The summed E-state index contributed by atoms with van der Waals surface area (Å²) in [6.45, 7) is 4.83. The molecular formula is C12H16BrN3O. The van der Waals surface area contributed by atoms with Crippen LogP contribution < -0.4 is 16.0 Å². The van der Waals surface area contributed by atoms with Crippen LogP contribution in [0.15, 0.2) is 22.7 Å². The molecule has 92 valence electrons. The van der Waals surface area contributed by atoms with Gasteiger partial charge in [-0.25, -0.2) is 0 Å². The molecule has 1 aromatic rings. The van der Waals surface area contributed by atoms with Gasteiger partial charge in [0.15, 0.2) is 0 Å². The van der Waals surface area contributed by atoms with E-state index < -0.39 is 0 Å². The number of benzene rings is 1. The lowest BCUT2D eigenvalue weighted by Gasteiger charge is -2.34. The maximum atomic E-state index is 11.4. The molecule has 0 unspecified atom stereocenters. The summed E-state index contributed by atoms with van der Waals surface area (Å²) < 4.78 is 0.962. The van der Waals surface area contributed by atoms with Gasteiger partial charge >= 0.3 is 0 Å². The van der Waals surface area contributed by atoms with Crippen molar-refractivity contribution in [2.45, 2.75) is 13.0 Å². The minimum absolute atomic E-state index is 0.376. The van der Waals surface area contributed by atoms with E-state index in [2.05, 4.69) is 33.1 Å². The van der Waals surface area contributed by atoms with E-state index in [1.807, 2.05) is 12.1 Å². The van der Waals surface area contributed by atoms with E-state index in [0.29, 0.717) is 11.6 Å². The largest absolute Gasteiger partial charge is 0.368 e. The van der Waals surface area contributed by atoms with Gasteiger partial charge in [-0.1, -0.05) is 15.9 Å². The van der Waals surface area contributed by atoms with Crippen molar-refractivity contribution in [2.75, 3.05) is 24.5 Å². The molecular weight excluding hydrogens is 282 g/mol. The Labute approximate surface area is 109 Å².